The lowest BCUT2D eigenvalue weighted by atomic mass is 10.1. The van der Waals surface area contributed by atoms with Gasteiger partial charge in [0.1, 0.15) is 18.4 Å². The Morgan fingerprint density at radius 2 is 1.82 bits per heavy atom. The van der Waals surface area contributed by atoms with E-state index in [-0.39, 0.29) is 31.8 Å². The Labute approximate surface area is 163 Å². The molecule has 0 aromatic heterocycles. The van der Waals surface area contributed by atoms with Gasteiger partial charge in [-0.05, 0) is 12.0 Å². The number of carboxylic acid groups (broad SMARTS) is 1. The van der Waals surface area contributed by atoms with Crippen molar-refractivity contribution in [1.82, 2.24) is 10.6 Å². The highest BCUT2D eigenvalue weighted by Crippen LogP contribution is 2.03. The molecule has 0 aliphatic heterocycles. The Balaban J connectivity index is 2.31. The normalized spacial score (nSPS) is 12.5. The maximum absolute atomic E-state index is 11.9. The SMILES string of the molecule is CCC(=O)CC[C@H](NC(=O)C[C@@H](O)CNC(=O)OCc1ccccc1)C(=O)O. The number of carbonyl (C=O) groups is 4. The number of ether oxygens (including phenoxy) is 1. The molecule has 154 valence electrons. The predicted octanol–water partition coefficient (Wildman–Crippen LogP) is 0.992. The van der Waals surface area contributed by atoms with Gasteiger partial charge in [0.25, 0.3) is 0 Å². The number of amides is 2. The van der Waals surface area contributed by atoms with Crippen molar-refractivity contribution >= 4 is 23.8 Å². The molecule has 0 aliphatic carbocycles. The lowest BCUT2D eigenvalue weighted by Crippen LogP contribution is -2.43. The topological polar surface area (TPSA) is 142 Å². The van der Waals surface area contributed by atoms with Crippen molar-refractivity contribution in [2.24, 2.45) is 0 Å². The van der Waals surface area contributed by atoms with E-state index in [1.165, 1.54) is 0 Å². The molecule has 0 radical (unpaired) electrons. The van der Waals surface area contributed by atoms with Gasteiger partial charge in [-0.1, -0.05) is 37.3 Å². The van der Waals surface area contributed by atoms with Crippen molar-refractivity contribution in [2.45, 2.75) is 51.4 Å². The molecular weight excluding hydrogens is 368 g/mol. The molecule has 1 aromatic rings. The van der Waals surface area contributed by atoms with Crippen LogP contribution in [0.15, 0.2) is 30.3 Å². The molecule has 2 atom stereocenters. The van der Waals surface area contributed by atoms with Gasteiger partial charge < -0.3 is 25.6 Å². The summed E-state index contributed by atoms with van der Waals surface area (Å²) >= 11 is 0. The standard InChI is InChI=1S/C19H26N2O7/c1-2-14(22)8-9-16(18(25)26)21-17(24)10-15(23)11-20-19(27)28-12-13-6-4-3-5-7-13/h3-7,15-16,23H,2,8-12H2,1H3,(H,20,27)(H,21,24)(H,25,26)/t15-,16+/m1/s1. The maximum atomic E-state index is 11.9. The molecule has 0 fully saturated rings. The fourth-order valence-corrected chi connectivity index (χ4v) is 2.25. The molecule has 0 bridgehead atoms. The Morgan fingerprint density at radius 3 is 2.43 bits per heavy atom. The third-order valence-electron chi connectivity index (χ3n) is 3.86. The zero-order valence-corrected chi connectivity index (χ0v) is 15.7. The molecule has 0 spiro atoms. The molecule has 0 aliphatic rings. The second kappa shape index (κ2) is 12.4. The molecule has 1 aromatic carbocycles. The number of hydrogen-bond acceptors (Lipinski definition) is 6. The number of benzene rings is 1. The number of aliphatic hydroxyl groups is 1. The monoisotopic (exact) mass is 394 g/mol. The Kier molecular flexibility index (Phi) is 10.3. The highest BCUT2D eigenvalue weighted by molar-refractivity contribution is 5.85. The quantitative estimate of drug-likeness (QED) is 0.414. The molecule has 9 nitrogen and oxygen atoms in total. The van der Waals surface area contributed by atoms with E-state index in [1.807, 2.05) is 18.2 Å². The van der Waals surface area contributed by atoms with Crippen LogP contribution in [0.4, 0.5) is 4.79 Å². The van der Waals surface area contributed by atoms with Crippen LogP contribution in [0.1, 0.15) is 38.2 Å². The van der Waals surface area contributed by atoms with Gasteiger partial charge >= 0.3 is 12.1 Å². The number of carbonyl (C=O) groups excluding carboxylic acids is 3. The number of ketones is 1. The van der Waals surface area contributed by atoms with E-state index in [4.69, 9.17) is 9.84 Å². The predicted molar refractivity (Wildman–Crippen MR) is 99.4 cm³/mol. The minimum atomic E-state index is -1.26. The van der Waals surface area contributed by atoms with Crippen molar-refractivity contribution in [1.29, 1.82) is 0 Å². The molecule has 1 rings (SSSR count). The summed E-state index contributed by atoms with van der Waals surface area (Å²) in [4.78, 5) is 45.9. The van der Waals surface area contributed by atoms with E-state index >= 15 is 0 Å². The number of alkyl carbamates (subject to hydrolysis) is 1. The van der Waals surface area contributed by atoms with Gasteiger partial charge in [0, 0.05) is 19.4 Å². The van der Waals surface area contributed by atoms with Gasteiger partial charge in [-0.15, -0.1) is 0 Å². The Bertz CT molecular complexity index is 664. The van der Waals surface area contributed by atoms with Gasteiger partial charge in [-0.25, -0.2) is 9.59 Å². The van der Waals surface area contributed by atoms with Crippen LogP contribution in [0.2, 0.25) is 0 Å². The third kappa shape index (κ3) is 9.67. The van der Waals surface area contributed by atoms with Gasteiger partial charge in [0.05, 0.1) is 12.5 Å². The first-order valence-corrected chi connectivity index (χ1v) is 8.98. The van der Waals surface area contributed by atoms with Crippen LogP contribution in [0.5, 0.6) is 0 Å². The molecule has 0 unspecified atom stereocenters. The van der Waals surface area contributed by atoms with Crippen molar-refractivity contribution in [2.75, 3.05) is 6.54 Å². The highest BCUT2D eigenvalue weighted by atomic mass is 16.5. The molecule has 28 heavy (non-hydrogen) atoms. The first-order chi connectivity index (χ1) is 13.3. The number of carboxylic acids is 1. The number of aliphatic carboxylic acids is 1. The van der Waals surface area contributed by atoms with Crippen LogP contribution >= 0.6 is 0 Å². The number of rotatable bonds is 12. The van der Waals surface area contributed by atoms with Crippen molar-refractivity contribution in [3.8, 4) is 0 Å². The largest absolute Gasteiger partial charge is 0.480 e. The number of aliphatic hydroxyl groups excluding tert-OH is 1. The molecule has 9 heteroatoms. The van der Waals surface area contributed by atoms with Gasteiger partial charge in [-0.3, -0.25) is 9.59 Å². The summed E-state index contributed by atoms with van der Waals surface area (Å²) in [5, 5.41) is 23.5. The first kappa shape index (κ1) is 23.1. The molecular formula is C19H26N2O7. The highest BCUT2D eigenvalue weighted by Gasteiger charge is 2.22. The second-order valence-corrected chi connectivity index (χ2v) is 6.19. The summed E-state index contributed by atoms with van der Waals surface area (Å²) in [5.74, 6) is -2.04. The van der Waals surface area contributed by atoms with E-state index in [0.717, 1.165) is 5.56 Å². The van der Waals surface area contributed by atoms with E-state index in [1.54, 1.807) is 19.1 Å². The van der Waals surface area contributed by atoms with Crippen LogP contribution in [-0.4, -0.2) is 52.7 Å². The zero-order valence-electron chi connectivity index (χ0n) is 15.7. The summed E-state index contributed by atoms with van der Waals surface area (Å²) in [5.41, 5.74) is 0.804. The summed E-state index contributed by atoms with van der Waals surface area (Å²) in [7, 11) is 0. The molecule has 0 saturated carbocycles. The van der Waals surface area contributed by atoms with Crippen molar-refractivity contribution < 1.29 is 34.1 Å². The van der Waals surface area contributed by atoms with E-state index in [9.17, 15) is 24.3 Å². The van der Waals surface area contributed by atoms with E-state index in [2.05, 4.69) is 10.6 Å². The maximum Gasteiger partial charge on any atom is 0.407 e. The lowest BCUT2D eigenvalue weighted by Gasteiger charge is -2.16. The summed E-state index contributed by atoms with van der Waals surface area (Å²) < 4.78 is 4.97. The summed E-state index contributed by atoms with van der Waals surface area (Å²) in [6.45, 7) is 1.51. The Hall–Kier alpha value is -2.94. The smallest absolute Gasteiger partial charge is 0.407 e. The van der Waals surface area contributed by atoms with Gasteiger partial charge in [-0.2, -0.15) is 0 Å². The lowest BCUT2D eigenvalue weighted by molar-refractivity contribution is -0.142. The van der Waals surface area contributed by atoms with Crippen LogP contribution in [0, 0.1) is 0 Å². The second-order valence-electron chi connectivity index (χ2n) is 6.19. The van der Waals surface area contributed by atoms with Crippen molar-refractivity contribution in [3.63, 3.8) is 0 Å². The van der Waals surface area contributed by atoms with Crippen LogP contribution in [0.25, 0.3) is 0 Å². The number of hydrogen-bond donors (Lipinski definition) is 4. The van der Waals surface area contributed by atoms with Gasteiger partial charge in [0.15, 0.2) is 0 Å². The number of nitrogens with one attached hydrogen (secondary N) is 2. The fraction of sp³-hybridized carbons (Fsp3) is 0.474. The van der Waals surface area contributed by atoms with Crippen LogP contribution in [0.3, 0.4) is 0 Å². The first-order valence-electron chi connectivity index (χ1n) is 8.98. The molecule has 2 amide bonds. The van der Waals surface area contributed by atoms with Crippen LogP contribution < -0.4 is 10.6 Å². The fourth-order valence-electron chi connectivity index (χ4n) is 2.25. The Morgan fingerprint density at radius 1 is 1.14 bits per heavy atom. The summed E-state index contributed by atoms with van der Waals surface area (Å²) in [6.07, 6.45) is -2.03. The molecule has 0 saturated heterocycles. The third-order valence-corrected chi connectivity index (χ3v) is 3.86. The van der Waals surface area contributed by atoms with E-state index in [0.29, 0.717) is 6.42 Å². The summed E-state index contributed by atoms with van der Waals surface area (Å²) in [6, 6.07) is 7.82. The van der Waals surface area contributed by atoms with E-state index < -0.39 is 36.5 Å². The van der Waals surface area contributed by atoms with Crippen LogP contribution in [-0.2, 0) is 25.7 Å². The minimum Gasteiger partial charge on any atom is -0.480 e. The number of Topliss-reactive ketones (excluding diaryl/α,β-unsaturated/α-hetero) is 1. The minimum absolute atomic E-state index is 0.0199. The molecule has 0 heterocycles. The van der Waals surface area contributed by atoms with Gasteiger partial charge in [0.2, 0.25) is 5.91 Å². The average molecular weight is 394 g/mol. The average Bonchev–Trinajstić information content (AvgIpc) is 2.68. The molecule has 4 N–H and O–H groups in total. The van der Waals surface area contributed by atoms with Crippen molar-refractivity contribution in [3.05, 3.63) is 35.9 Å². The zero-order chi connectivity index (χ0) is 20.9.